The standard InChI is InChI=1S/C13H12IN/c14-11-5-1-3-9-6-7-10-4-2-8-15-13(10)12(9)11/h1-5,8,10,13H,6-7H2. The number of dihydropyridines is 1. The quantitative estimate of drug-likeness (QED) is 0.650. The number of rotatable bonds is 0. The predicted molar refractivity (Wildman–Crippen MR) is 71.3 cm³/mol. The van der Waals surface area contributed by atoms with Gasteiger partial charge in [-0.3, -0.25) is 4.99 Å². The maximum Gasteiger partial charge on any atom is 0.0824 e. The van der Waals surface area contributed by atoms with Gasteiger partial charge in [0, 0.05) is 15.7 Å². The topological polar surface area (TPSA) is 12.4 Å². The minimum Gasteiger partial charge on any atom is -0.284 e. The van der Waals surface area contributed by atoms with Crippen molar-refractivity contribution in [3.63, 3.8) is 0 Å². The van der Waals surface area contributed by atoms with Crippen molar-refractivity contribution in [2.24, 2.45) is 10.9 Å². The van der Waals surface area contributed by atoms with Gasteiger partial charge in [-0.15, -0.1) is 0 Å². The lowest BCUT2D eigenvalue weighted by molar-refractivity contribution is 0.453. The molecule has 2 unspecified atom stereocenters. The van der Waals surface area contributed by atoms with Gasteiger partial charge in [-0.1, -0.05) is 18.2 Å². The molecule has 3 rings (SSSR count). The predicted octanol–water partition coefficient (Wildman–Crippen LogP) is 3.54. The molecule has 0 bridgehead atoms. The van der Waals surface area contributed by atoms with Crippen LogP contribution in [0.15, 0.2) is 35.3 Å². The van der Waals surface area contributed by atoms with Crippen LogP contribution in [0.25, 0.3) is 0 Å². The number of aryl methyl sites for hydroxylation is 1. The Hall–Kier alpha value is -0.640. The summed E-state index contributed by atoms with van der Waals surface area (Å²) >= 11 is 2.43. The minimum absolute atomic E-state index is 0.381. The Morgan fingerprint density at radius 2 is 2.27 bits per heavy atom. The highest BCUT2D eigenvalue weighted by molar-refractivity contribution is 14.1. The van der Waals surface area contributed by atoms with Gasteiger partial charge in [-0.05, 0) is 58.7 Å². The molecule has 0 radical (unpaired) electrons. The van der Waals surface area contributed by atoms with E-state index in [1.807, 2.05) is 6.21 Å². The van der Waals surface area contributed by atoms with Gasteiger partial charge in [0.15, 0.2) is 0 Å². The molecular formula is C13H12IN. The zero-order valence-electron chi connectivity index (χ0n) is 8.36. The average molecular weight is 309 g/mol. The molecule has 1 aliphatic carbocycles. The molecule has 1 aliphatic heterocycles. The largest absolute Gasteiger partial charge is 0.284 e. The van der Waals surface area contributed by atoms with Crippen molar-refractivity contribution in [3.8, 4) is 0 Å². The molecule has 0 fully saturated rings. The van der Waals surface area contributed by atoms with Gasteiger partial charge in [-0.25, -0.2) is 0 Å². The lowest BCUT2D eigenvalue weighted by Crippen LogP contribution is -2.20. The zero-order chi connectivity index (χ0) is 10.3. The van der Waals surface area contributed by atoms with Crippen LogP contribution >= 0.6 is 22.6 Å². The minimum atomic E-state index is 0.381. The first-order valence-corrected chi connectivity index (χ1v) is 6.41. The molecule has 0 N–H and O–H groups in total. The third-order valence-electron chi connectivity index (χ3n) is 3.28. The Bertz CT molecular complexity index is 448. The second-order valence-electron chi connectivity index (χ2n) is 4.14. The van der Waals surface area contributed by atoms with E-state index >= 15 is 0 Å². The second kappa shape index (κ2) is 3.74. The summed E-state index contributed by atoms with van der Waals surface area (Å²) < 4.78 is 1.37. The second-order valence-corrected chi connectivity index (χ2v) is 5.31. The van der Waals surface area contributed by atoms with Crippen LogP contribution < -0.4 is 0 Å². The number of fused-ring (bicyclic) bond motifs is 3. The van der Waals surface area contributed by atoms with Crippen LogP contribution in [0.2, 0.25) is 0 Å². The first kappa shape index (κ1) is 9.58. The number of nitrogens with zero attached hydrogens (tertiary/aromatic N) is 1. The zero-order valence-corrected chi connectivity index (χ0v) is 10.5. The summed E-state index contributed by atoms with van der Waals surface area (Å²) in [5.74, 6) is 0.624. The van der Waals surface area contributed by atoms with E-state index in [4.69, 9.17) is 0 Å². The normalized spacial score (nSPS) is 27.3. The maximum absolute atomic E-state index is 4.64. The highest BCUT2D eigenvalue weighted by atomic mass is 127. The van der Waals surface area contributed by atoms with Gasteiger partial charge < -0.3 is 0 Å². The Balaban J connectivity index is 2.14. The molecule has 2 atom stereocenters. The van der Waals surface area contributed by atoms with E-state index in [-0.39, 0.29) is 0 Å². The summed E-state index contributed by atoms with van der Waals surface area (Å²) in [5.41, 5.74) is 2.96. The molecule has 1 aromatic carbocycles. The van der Waals surface area contributed by atoms with Crippen molar-refractivity contribution >= 4 is 28.8 Å². The van der Waals surface area contributed by atoms with E-state index in [2.05, 4.69) is 57.9 Å². The van der Waals surface area contributed by atoms with E-state index in [9.17, 15) is 0 Å². The molecule has 0 spiro atoms. The monoisotopic (exact) mass is 309 g/mol. The number of aliphatic imine (C=N–C) groups is 1. The molecule has 0 saturated carbocycles. The van der Waals surface area contributed by atoms with Crippen molar-refractivity contribution in [1.82, 2.24) is 0 Å². The van der Waals surface area contributed by atoms with Crippen LogP contribution in [-0.4, -0.2) is 6.21 Å². The SMILES string of the molecule is Ic1cccc2c1C1N=CC=CC1CC2. The fourth-order valence-electron chi connectivity index (χ4n) is 2.55. The summed E-state index contributed by atoms with van der Waals surface area (Å²) in [6.07, 6.45) is 8.78. The summed E-state index contributed by atoms with van der Waals surface area (Å²) in [6.45, 7) is 0. The Labute approximate surface area is 103 Å². The lowest BCUT2D eigenvalue weighted by Gasteiger charge is -2.31. The molecule has 1 nitrogen and oxygen atoms in total. The van der Waals surface area contributed by atoms with Gasteiger partial charge in [0.05, 0.1) is 6.04 Å². The van der Waals surface area contributed by atoms with E-state index in [1.54, 1.807) is 0 Å². The van der Waals surface area contributed by atoms with Crippen LogP contribution in [-0.2, 0) is 6.42 Å². The molecule has 2 aliphatic rings. The number of benzene rings is 1. The van der Waals surface area contributed by atoms with Gasteiger partial charge in [0.2, 0.25) is 0 Å². The fourth-order valence-corrected chi connectivity index (χ4v) is 3.42. The first-order valence-electron chi connectivity index (χ1n) is 5.33. The van der Waals surface area contributed by atoms with Crippen molar-refractivity contribution in [2.45, 2.75) is 18.9 Å². The molecule has 1 heterocycles. The third kappa shape index (κ3) is 1.55. The Kier molecular flexibility index (Phi) is 2.39. The molecule has 0 saturated heterocycles. The Morgan fingerprint density at radius 3 is 3.20 bits per heavy atom. The first-order chi connectivity index (χ1) is 7.36. The molecular weight excluding hydrogens is 297 g/mol. The van der Waals surface area contributed by atoms with Gasteiger partial charge in [0.1, 0.15) is 0 Å². The van der Waals surface area contributed by atoms with Gasteiger partial charge in [0.25, 0.3) is 0 Å². The number of allylic oxidation sites excluding steroid dienone is 1. The van der Waals surface area contributed by atoms with Crippen LogP contribution in [0.1, 0.15) is 23.6 Å². The highest BCUT2D eigenvalue weighted by Crippen LogP contribution is 2.41. The molecule has 0 aromatic heterocycles. The van der Waals surface area contributed by atoms with Crippen LogP contribution in [0.5, 0.6) is 0 Å². The Morgan fingerprint density at radius 1 is 1.33 bits per heavy atom. The third-order valence-corrected chi connectivity index (χ3v) is 4.22. The van der Waals surface area contributed by atoms with Crippen molar-refractivity contribution in [2.75, 3.05) is 0 Å². The molecule has 76 valence electrons. The van der Waals surface area contributed by atoms with Crippen molar-refractivity contribution in [1.29, 1.82) is 0 Å². The smallest absolute Gasteiger partial charge is 0.0824 e. The summed E-state index contributed by atoms with van der Waals surface area (Å²) in [5, 5.41) is 0. The summed E-state index contributed by atoms with van der Waals surface area (Å²) in [4.78, 5) is 4.64. The molecule has 15 heavy (non-hydrogen) atoms. The molecule has 1 aromatic rings. The van der Waals surface area contributed by atoms with E-state index in [1.165, 1.54) is 27.5 Å². The number of hydrogen-bond donors (Lipinski definition) is 0. The van der Waals surface area contributed by atoms with Crippen molar-refractivity contribution < 1.29 is 0 Å². The van der Waals surface area contributed by atoms with Crippen LogP contribution in [0, 0.1) is 9.49 Å². The van der Waals surface area contributed by atoms with Crippen LogP contribution in [0.4, 0.5) is 0 Å². The van der Waals surface area contributed by atoms with Gasteiger partial charge >= 0.3 is 0 Å². The van der Waals surface area contributed by atoms with Gasteiger partial charge in [-0.2, -0.15) is 0 Å². The number of hydrogen-bond acceptors (Lipinski definition) is 1. The van der Waals surface area contributed by atoms with E-state index in [0.717, 1.165) is 0 Å². The highest BCUT2D eigenvalue weighted by Gasteiger charge is 2.29. The lowest BCUT2D eigenvalue weighted by atomic mass is 9.79. The molecule has 2 heteroatoms. The maximum atomic E-state index is 4.64. The van der Waals surface area contributed by atoms with Crippen molar-refractivity contribution in [3.05, 3.63) is 45.0 Å². The fraction of sp³-hybridized carbons (Fsp3) is 0.308. The van der Waals surface area contributed by atoms with Crippen LogP contribution in [0.3, 0.4) is 0 Å². The summed E-state index contributed by atoms with van der Waals surface area (Å²) in [7, 11) is 0. The van der Waals surface area contributed by atoms with E-state index in [0.29, 0.717) is 12.0 Å². The number of halogens is 1. The average Bonchev–Trinajstić information content (AvgIpc) is 2.29. The van der Waals surface area contributed by atoms with E-state index < -0.39 is 0 Å². The molecule has 0 amide bonds. The summed E-state index contributed by atoms with van der Waals surface area (Å²) in [6, 6.07) is 6.98.